The van der Waals surface area contributed by atoms with E-state index in [9.17, 15) is 23.4 Å². The fraction of sp³-hybridized carbons (Fsp3) is 0.379. The van der Waals surface area contributed by atoms with Crippen LogP contribution in [0.5, 0.6) is 11.5 Å². The molecule has 0 saturated heterocycles. The molecule has 0 atom stereocenters. The van der Waals surface area contributed by atoms with Gasteiger partial charge in [-0.3, -0.25) is 0 Å². The second-order valence-corrected chi connectivity index (χ2v) is 17.4. The van der Waals surface area contributed by atoms with Crippen LogP contribution >= 0.6 is 0 Å². The average molecular weight is 501 g/mol. The number of hydrogen-bond acceptors (Lipinski definition) is 2. The molecule has 0 aliphatic carbocycles. The van der Waals surface area contributed by atoms with Gasteiger partial charge in [-0.2, -0.15) is 0 Å². The van der Waals surface area contributed by atoms with Crippen LogP contribution in [0.2, 0.25) is 19.6 Å². The van der Waals surface area contributed by atoms with Gasteiger partial charge in [0.2, 0.25) is 0 Å². The van der Waals surface area contributed by atoms with E-state index >= 15 is 0 Å². The summed E-state index contributed by atoms with van der Waals surface area (Å²) in [7, 11) is -2.03. The van der Waals surface area contributed by atoms with E-state index in [-0.39, 0.29) is 22.1 Å². The quantitative estimate of drug-likeness (QED) is 0.283. The minimum atomic E-state index is -2.03. The lowest BCUT2D eigenvalue weighted by Gasteiger charge is -2.27. The Kier molecular flexibility index (Phi) is 6.70. The van der Waals surface area contributed by atoms with Crippen LogP contribution in [0.1, 0.15) is 52.7 Å². The molecule has 188 valence electrons. The van der Waals surface area contributed by atoms with Gasteiger partial charge in [0.25, 0.3) is 0 Å². The summed E-state index contributed by atoms with van der Waals surface area (Å²) in [6.07, 6.45) is 0. The van der Waals surface area contributed by atoms with Gasteiger partial charge < -0.3 is 10.2 Å². The molecule has 6 heteroatoms. The summed E-state index contributed by atoms with van der Waals surface area (Å²) in [4.78, 5) is 0. The second kappa shape index (κ2) is 8.73. The Hall–Kier alpha value is -2.73. The summed E-state index contributed by atoms with van der Waals surface area (Å²) >= 11 is 0. The molecule has 3 rings (SSSR count). The fourth-order valence-electron chi connectivity index (χ4n) is 3.97. The predicted molar refractivity (Wildman–Crippen MR) is 141 cm³/mol. The third-order valence-electron chi connectivity index (χ3n) is 6.36. The molecular formula is C29H35F3O2Si. The molecule has 35 heavy (non-hydrogen) atoms. The molecule has 0 amide bonds. The molecule has 0 spiro atoms. The lowest BCUT2D eigenvalue weighted by atomic mass is 9.78. The molecule has 0 aliphatic heterocycles. The van der Waals surface area contributed by atoms with E-state index in [4.69, 9.17) is 0 Å². The lowest BCUT2D eigenvalue weighted by molar-refractivity contribution is 0.421. The van der Waals surface area contributed by atoms with Gasteiger partial charge in [0, 0.05) is 17.2 Å². The molecule has 2 N–H and O–H groups in total. The highest BCUT2D eigenvalue weighted by molar-refractivity contribution is 6.88. The topological polar surface area (TPSA) is 40.5 Å². The van der Waals surface area contributed by atoms with Crippen LogP contribution in [0.15, 0.2) is 36.4 Å². The van der Waals surface area contributed by atoms with E-state index in [2.05, 4.69) is 67.2 Å². The summed E-state index contributed by atoms with van der Waals surface area (Å²) in [5.41, 5.74) is 2.38. The van der Waals surface area contributed by atoms with E-state index in [1.165, 1.54) is 0 Å². The van der Waals surface area contributed by atoms with E-state index in [1.807, 2.05) is 18.2 Å². The minimum Gasteiger partial charge on any atom is -0.507 e. The highest BCUT2D eigenvalue weighted by Gasteiger charge is 2.28. The normalized spacial score (nSPS) is 12.8. The smallest absolute Gasteiger partial charge is 0.195 e. The zero-order chi connectivity index (χ0) is 26.7. The highest BCUT2D eigenvalue weighted by Crippen LogP contribution is 2.44. The molecule has 0 fully saturated rings. The highest BCUT2D eigenvalue weighted by atomic mass is 28.3. The summed E-state index contributed by atoms with van der Waals surface area (Å²) in [6, 6.07) is 10.2. The fourth-order valence-corrected chi connectivity index (χ4v) is 5.12. The van der Waals surface area contributed by atoms with Crippen LogP contribution in [-0.2, 0) is 10.8 Å². The first-order valence-electron chi connectivity index (χ1n) is 11.7. The number of halogens is 3. The summed E-state index contributed by atoms with van der Waals surface area (Å²) in [5, 5.41) is 22.7. The van der Waals surface area contributed by atoms with E-state index in [0.717, 1.165) is 21.9 Å². The molecule has 0 aliphatic rings. The first-order valence-corrected chi connectivity index (χ1v) is 15.2. The van der Waals surface area contributed by atoms with Gasteiger partial charge in [-0.1, -0.05) is 96.7 Å². The predicted octanol–water partition coefficient (Wildman–Crippen LogP) is 7.99. The van der Waals surface area contributed by atoms with Crippen molar-refractivity contribution in [2.24, 2.45) is 0 Å². The minimum absolute atomic E-state index is 0.0627. The van der Waals surface area contributed by atoms with Crippen LogP contribution in [0, 0.1) is 17.5 Å². The molecule has 0 bridgehead atoms. The van der Waals surface area contributed by atoms with Crippen molar-refractivity contribution in [3.05, 3.63) is 65.0 Å². The van der Waals surface area contributed by atoms with Crippen molar-refractivity contribution < 1.29 is 23.4 Å². The lowest BCUT2D eigenvalue weighted by Crippen LogP contribution is -2.37. The average Bonchev–Trinajstić information content (AvgIpc) is 2.71. The first kappa shape index (κ1) is 26.9. The van der Waals surface area contributed by atoms with Crippen LogP contribution < -0.4 is 5.19 Å². The molecule has 3 aromatic rings. The monoisotopic (exact) mass is 500 g/mol. The van der Waals surface area contributed by atoms with Crippen LogP contribution in [0.3, 0.4) is 0 Å². The Bertz CT molecular complexity index is 1260. The molecule has 0 heterocycles. The van der Waals surface area contributed by atoms with Gasteiger partial charge in [-0.15, -0.1) is 0 Å². The van der Waals surface area contributed by atoms with Crippen LogP contribution in [0.25, 0.3) is 22.3 Å². The van der Waals surface area contributed by atoms with Crippen LogP contribution in [0.4, 0.5) is 13.2 Å². The second-order valence-electron chi connectivity index (χ2n) is 12.3. The molecule has 2 nitrogen and oxygen atoms in total. The maximum Gasteiger partial charge on any atom is 0.195 e. The maximum absolute atomic E-state index is 14.9. The van der Waals surface area contributed by atoms with Gasteiger partial charge in [0.1, 0.15) is 11.5 Å². The molecule has 0 aromatic heterocycles. The summed E-state index contributed by atoms with van der Waals surface area (Å²) < 4.78 is 42.8. The number of benzene rings is 3. The summed E-state index contributed by atoms with van der Waals surface area (Å²) in [6.45, 7) is 18.9. The Morgan fingerprint density at radius 1 is 0.657 bits per heavy atom. The van der Waals surface area contributed by atoms with E-state index < -0.39 is 36.8 Å². The zero-order valence-electron chi connectivity index (χ0n) is 22.0. The van der Waals surface area contributed by atoms with E-state index in [1.54, 1.807) is 6.07 Å². The van der Waals surface area contributed by atoms with Crippen molar-refractivity contribution in [2.75, 3.05) is 0 Å². The number of rotatable bonds is 3. The zero-order valence-corrected chi connectivity index (χ0v) is 23.0. The van der Waals surface area contributed by atoms with Gasteiger partial charge in [0.05, 0.1) is 13.6 Å². The SMILES string of the molecule is CC(C)(C)c1cc(-c2cc([Si](C)(C)C)cc(-c3c(O)cc(F)c(F)c3F)c2O)cc(C(C)(C)C)c1. The van der Waals surface area contributed by atoms with Crippen LogP contribution in [-0.4, -0.2) is 18.3 Å². The molecular weight excluding hydrogens is 465 g/mol. The first-order chi connectivity index (χ1) is 15.8. The van der Waals surface area contributed by atoms with Gasteiger partial charge >= 0.3 is 0 Å². The third-order valence-corrected chi connectivity index (χ3v) is 8.38. The van der Waals surface area contributed by atoms with Crippen molar-refractivity contribution in [1.29, 1.82) is 0 Å². The largest absolute Gasteiger partial charge is 0.507 e. The Morgan fingerprint density at radius 3 is 1.60 bits per heavy atom. The van der Waals surface area contributed by atoms with Gasteiger partial charge in [-0.05, 0) is 27.5 Å². The van der Waals surface area contributed by atoms with Gasteiger partial charge in [-0.25, -0.2) is 13.2 Å². The van der Waals surface area contributed by atoms with Crippen molar-refractivity contribution in [3.63, 3.8) is 0 Å². The standard InChI is InChI=1S/C29H35F3O2Si/c1-28(2,3)17-10-16(11-18(12-17)29(4,5)6)20-13-19(35(7,8)9)14-21(27(20)34)24-23(33)15-22(30)25(31)26(24)32/h10-15,33-34H,1-9H3. The number of hydrogen-bond donors (Lipinski definition) is 2. The molecule has 0 unspecified atom stereocenters. The Balaban J connectivity index is 2.47. The van der Waals surface area contributed by atoms with Crippen molar-refractivity contribution in [3.8, 4) is 33.8 Å². The molecule has 0 saturated carbocycles. The Morgan fingerprint density at radius 2 is 1.14 bits per heavy atom. The van der Waals surface area contributed by atoms with Crippen molar-refractivity contribution in [2.45, 2.75) is 72.0 Å². The molecule has 0 radical (unpaired) electrons. The number of aromatic hydroxyl groups is 2. The van der Waals surface area contributed by atoms with Gasteiger partial charge in [0.15, 0.2) is 17.5 Å². The Labute approximate surface area is 207 Å². The number of phenols is 2. The molecule has 3 aromatic carbocycles. The maximum atomic E-state index is 14.9. The van der Waals surface area contributed by atoms with E-state index in [0.29, 0.717) is 11.6 Å². The van der Waals surface area contributed by atoms with Crippen molar-refractivity contribution >= 4 is 13.3 Å². The number of phenolic OH excluding ortho intramolecular Hbond substituents is 2. The van der Waals surface area contributed by atoms with Crippen molar-refractivity contribution in [1.82, 2.24) is 0 Å². The summed E-state index contributed by atoms with van der Waals surface area (Å²) in [5.74, 6) is -5.78. The third kappa shape index (κ3) is 5.27.